The van der Waals surface area contributed by atoms with Gasteiger partial charge in [0.25, 0.3) is 5.91 Å². The van der Waals surface area contributed by atoms with Crippen LogP contribution >= 0.6 is 12.2 Å². The Morgan fingerprint density at radius 3 is 2.60 bits per heavy atom. The van der Waals surface area contributed by atoms with Crippen LogP contribution in [0.15, 0.2) is 71.1 Å². The molecule has 0 atom stereocenters. The standard InChI is InChI=1S/C23H18FN3O2S/c1-2-14-7-9-15(10-8-14)21(28)27-23(30)25-16-11-12-20-19(13-16)26-22(29-20)17-5-3-4-6-18(17)24/h3-13H,2H2,1H3,(H2,25,27,28,30). The topological polar surface area (TPSA) is 67.2 Å². The summed E-state index contributed by atoms with van der Waals surface area (Å²) in [6, 6.07) is 18.8. The van der Waals surface area contributed by atoms with Crippen LogP contribution in [0.4, 0.5) is 10.1 Å². The Balaban J connectivity index is 1.47. The first kappa shape index (κ1) is 19.7. The average Bonchev–Trinajstić information content (AvgIpc) is 3.17. The van der Waals surface area contributed by atoms with E-state index in [1.807, 2.05) is 12.1 Å². The normalized spacial score (nSPS) is 10.7. The molecule has 1 amide bonds. The quantitative estimate of drug-likeness (QED) is 0.438. The van der Waals surface area contributed by atoms with Crippen LogP contribution in [0.2, 0.25) is 0 Å². The number of fused-ring (bicyclic) bond motifs is 1. The number of benzene rings is 3. The number of hydrogen-bond acceptors (Lipinski definition) is 4. The second-order valence-corrected chi connectivity index (χ2v) is 7.05. The first-order valence-corrected chi connectivity index (χ1v) is 9.81. The molecule has 1 aromatic heterocycles. The summed E-state index contributed by atoms with van der Waals surface area (Å²) in [5.41, 5.74) is 3.66. The van der Waals surface area contributed by atoms with E-state index in [4.69, 9.17) is 16.6 Å². The molecule has 0 saturated heterocycles. The highest BCUT2D eigenvalue weighted by atomic mass is 32.1. The van der Waals surface area contributed by atoms with Crippen molar-refractivity contribution in [3.8, 4) is 11.5 Å². The number of carbonyl (C=O) groups is 1. The van der Waals surface area contributed by atoms with Crippen LogP contribution < -0.4 is 10.6 Å². The zero-order valence-corrected chi connectivity index (χ0v) is 16.9. The van der Waals surface area contributed by atoms with Crippen LogP contribution in [0, 0.1) is 5.82 Å². The molecule has 4 aromatic rings. The summed E-state index contributed by atoms with van der Waals surface area (Å²) in [5, 5.41) is 5.78. The molecule has 0 bridgehead atoms. The van der Waals surface area contributed by atoms with Crippen molar-refractivity contribution in [2.75, 3.05) is 5.32 Å². The van der Waals surface area contributed by atoms with Gasteiger partial charge in [0.15, 0.2) is 10.7 Å². The molecular weight excluding hydrogens is 401 g/mol. The molecule has 0 unspecified atom stereocenters. The number of nitrogens with zero attached hydrogens (tertiary/aromatic N) is 1. The summed E-state index contributed by atoms with van der Waals surface area (Å²) in [4.78, 5) is 16.7. The maximum atomic E-state index is 14.0. The maximum absolute atomic E-state index is 14.0. The SMILES string of the molecule is CCc1ccc(C(=O)NC(=S)Nc2ccc3oc(-c4ccccc4F)nc3c2)cc1. The largest absolute Gasteiger partial charge is 0.436 e. The number of halogens is 1. The van der Waals surface area contributed by atoms with Gasteiger partial charge in [0, 0.05) is 11.3 Å². The van der Waals surface area contributed by atoms with Gasteiger partial charge in [-0.05, 0) is 66.7 Å². The van der Waals surface area contributed by atoms with Gasteiger partial charge in [0.1, 0.15) is 11.3 Å². The molecule has 0 fully saturated rings. The second kappa shape index (κ2) is 8.42. The van der Waals surface area contributed by atoms with E-state index in [0.29, 0.717) is 27.9 Å². The van der Waals surface area contributed by atoms with E-state index >= 15 is 0 Å². The van der Waals surface area contributed by atoms with Crippen molar-refractivity contribution in [2.45, 2.75) is 13.3 Å². The van der Waals surface area contributed by atoms with Gasteiger partial charge < -0.3 is 9.73 Å². The minimum absolute atomic E-state index is 0.164. The van der Waals surface area contributed by atoms with Crippen molar-refractivity contribution in [2.24, 2.45) is 0 Å². The number of hydrogen-bond donors (Lipinski definition) is 2. The third-order valence-corrected chi connectivity index (χ3v) is 4.81. The van der Waals surface area contributed by atoms with Crippen molar-refractivity contribution in [3.05, 3.63) is 83.7 Å². The highest BCUT2D eigenvalue weighted by molar-refractivity contribution is 7.80. The maximum Gasteiger partial charge on any atom is 0.257 e. The predicted molar refractivity (Wildman–Crippen MR) is 119 cm³/mol. The first-order valence-electron chi connectivity index (χ1n) is 9.40. The Bertz CT molecular complexity index is 1230. The lowest BCUT2D eigenvalue weighted by Gasteiger charge is -2.09. The summed E-state index contributed by atoms with van der Waals surface area (Å²) in [5.74, 6) is -0.496. The summed E-state index contributed by atoms with van der Waals surface area (Å²) < 4.78 is 19.6. The van der Waals surface area contributed by atoms with Gasteiger partial charge in [-0.2, -0.15) is 0 Å². The third kappa shape index (κ3) is 4.21. The number of thiocarbonyl (C=S) groups is 1. The molecule has 30 heavy (non-hydrogen) atoms. The van der Waals surface area contributed by atoms with Crippen molar-refractivity contribution in [3.63, 3.8) is 0 Å². The molecule has 7 heteroatoms. The van der Waals surface area contributed by atoms with Crippen LogP contribution in [0.5, 0.6) is 0 Å². The summed E-state index contributed by atoms with van der Waals surface area (Å²) in [6.45, 7) is 2.05. The van der Waals surface area contributed by atoms with E-state index in [9.17, 15) is 9.18 Å². The predicted octanol–water partition coefficient (Wildman–Crippen LogP) is 5.32. The van der Waals surface area contributed by atoms with Crippen LogP contribution in [0.3, 0.4) is 0 Å². The van der Waals surface area contributed by atoms with Crippen LogP contribution in [-0.4, -0.2) is 16.0 Å². The summed E-state index contributed by atoms with van der Waals surface area (Å²) in [7, 11) is 0. The molecule has 0 aliphatic rings. The zero-order valence-electron chi connectivity index (χ0n) is 16.1. The third-order valence-electron chi connectivity index (χ3n) is 4.60. The molecule has 0 aliphatic carbocycles. The summed E-state index contributed by atoms with van der Waals surface area (Å²) >= 11 is 5.25. The van der Waals surface area contributed by atoms with E-state index in [1.165, 1.54) is 6.07 Å². The second-order valence-electron chi connectivity index (χ2n) is 6.64. The van der Waals surface area contributed by atoms with E-state index < -0.39 is 5.82 Å². The highest BCUT2D eigenvalue weighted by Crippen LogP contribution is 2.27. The number of anilines is 1. The Labute approximate surface area is 177 Å². The fourth-order valence-corrected chi connectivity index (χ4v) is 3.20. The van der Waals surface area contributed by atoms with Crippen molar-refractivity contribution in [1.29, 1.82) is 0 Å². The lowest BCUT2D eigenvalue weighted by molar-refractivity contribution is 0.0977. The van der Waals surface area contributed by atoms with E-state index in [0.717, 1.165) is 12.0 Å². The Hall–Kier alpha value is -3.58. The Morgan fingerprint density at radius 1 is 1.10 bits per heavy atom. The number of carbonyl (C=O) groups excluding carboxylic acids is 1. The van der Waals surface area contributed by atoms with Crippen molar-refractivity contribution < 1.29 is 13.6 Å². The fourth-order valence-electron chi connectivity index (χ4n) is 2.98. The highest BCUT2D eigenvalue weighted by Gasteiger charge is 2.13. The molecule has 0 radical (unpaired) electrons. The molecule has 0 saturated carbocycles. The lowest BCUT2D eigenvalue weighted by atomic mass is 10.1. The van der Waals surface area contributed by atoms with Gasteiger partial charge in [-0.3, -0.25) is 10.1 Å². The molecule has 0 aliphatic heterocycles. The minimum Gasteiger partial charge on any atom is -0.436 e. The monoisotopic (exact) mass is 419 g/mol. The Morgan fingerprint density at radius 2 is 1.87 bits per heavy atom. The minimum atomic E-state index is -0.404. The van der Waals surface area contributed by atoms with E-state index in [-0.39, 0.29) is 16.9 Å². The van der Waals surface area contributed by atoms with Gasteiger partial charge in [-0.1, -0.05) is 31.2 Å². The van der Waals surface area contributed by atoms with Crippen LogP contribution in [-0.2, 0) is 6.42 Å². The number of rotatable bonds is 4. The van der Waals surface area contributed by atoms with Gasteiger partial charge in [0.2, 0.25) is 5.89 Å². The van der Waals surface area contributed by atoms with Crippen LogP contribution in [0.25, 0.3) is 22.6 Å². The number of oxazole rings is 1. The molecule has 5 nitrogen and oxygen atoms in total. The number of amides is 1. The van der Waals surface area contributed by atoms with Crippen LogP contribution in [0.1, 0.15) is 22.8 Å². The van der Waals surface area contributed by atoms with E-state index in [2.05, 4.69) is 22.5 Å². The fraction of sp³-hybridized carbons (Fsp3) is 0.0870. The van der Waals surface area contributed by atoms with Gasteiger partial charge in [-0.25, -0.2) is 9.37 Å². The molecule has 4 rings (SSSR count). The molecule has 150 valence electrons. The number of aryl methyl sites for hydroxylation is 1. The first-order chi connectivity index (χ1) is 14.5. The molecule has 2 N–H and O–H groups in total. The van der Waals surface area contributed by atoms with Crippen molar-refractivity contribution in [1.82, 2.24) is 10.3 Å². The molecular formula is C23H18FN3O2S. The average molecular weight is 419 g/mol. The molecule has 3 aromatic carbocycles. The zero-order chi connectivity index (χ0) is 21.1. The van der Waals surface area contributed by atoms with Gasteiger partial charge >= 0.3 is 0 Å². The van der Waals surface area contributed by atoms with E-state index in [1.54, 1.807) is 48.5 Å². The number of nitrogens with one attached hydrogen (secondary N) is 2. The number of aromatic nitrogens is 1. The van der Waals surface area contributed by atoms with Crippen molar-refractivity contribution >= 4 is 40.0 Å². The molecule has 0 spiro atoms. The smallest absolute Gasteiger partial charge is 0.257 e. The lowest BCUT2D eigenvalue weighted by Crippen LogP contribution is -2.34. The van der Waals surface area contributed by atoms with Gasteiger partial charge in [0.05, 0.1) is 5.56 Å². The molecule has 1 heterocycles. The summed E-state index contributed by atoms with van der Waals surface area (Å²) in [6.07, 6.45) is 0.908. The van der Waals surface area contributed by atoms with Gasteiger partial charge in [-0.15, -0.1) is 0 Å². The Kier molecular flexibility index (Phi) is 5.54.